The molecule has 1 fully saturated rings. The van der Waals surface area contributed by atoms with Gasteiger partial charge < -0.3 is 10.6 Å². The normalized spacial score (nSPS) is 18.0. The van der Waals surface area contributed by atoms with Crippen molar-refractivity contribution in [1.29, 1.82) is 0 Å². The molecule has 0 aliphatic carbocycles. The fraction of sp³-hybridized carbons (Fsp3) is 0.500. The summed E-state index contributed by atoms with van der Waals surface area (Å²) in [6.45, 7) is 6.33. The molecule has 19 heavy (non-hydrogen) atoms. The van der Waals surface area contributed by atoms with E-state index < -0.39 is 0 Å². The van der Waals surface area contributed by atoms with Gasteiger partial charge in [0.2, 0.25) is 5.91 Å². The second-order valence-electron chi connectivity index (χ2n) is 4.87. The van der Waals surface area contributed by atoms with E-state index in [0.29, 0.717) is 6.54 Å². The Kier molecular flexibility index (Phi) is 5.36. The summed E-state index contributed by atoms with van der Waals surface area (Å²) in [5.74, 6) is 0.0947. The third-order valence-corrected chi connectivity index (χ3v) is 3.85. The Morgan fingerprint density at radius 1 is 1.37 bits per heavy atom. The van der Waals surface area contributed by atoms with Gasteiger partial charge in [0, 0.05) is 30.7 Å². The summed E-state index contributed by atoms with van der Waals surface area (Å²) in [7, 11) is 0. The van der Waals surface area contributed by atoms with Crippen molar-refractivity contribution in [3.05, 3.63) is 34.3 Å². The van der Waals surface area contributed by atoms with Crippen LogP contribution in [0.2, 0.25) is 0 Å². The summed E-state index contributed by atoms with van der Waals surface area (Å²) in [5.41, 5.74) is 1.12. The van der Waals surface area contributed by atoms with E-state index in [1.165, 1.54) is 0 Å². The molecule has 1 saturated heterocycles. The molecule has 1 aliphatic rings. The van der Waals surface area contributed by atoms with Crippen LogP contribution in [-0.4, -0.2) is 43.5 Å². The van der Waals surface area contributed by atoms with E-state index in [4.69, 9.17) is 0 Å². The fourth-order valence-electron chi connectivity index (χ4n) is 2.19. The zero-order valence-corrected chi connectivity index (χ0v) is 12.7. The maximum Gasteiger partial charge on any atom is 0.234 e. The number of halogens is 1. The first-order valence-electron chi connectivity index (χ1n) is 6.63. The largest absolute Gasteiger partial charge is 0.348 e. The van der Waals surface area contributed by atoms with Crippen molar-refractivity contribution >= 4 is 21.8 Å². The number of piperazine rings is 1. The number of amides is 1. The van der Waals surface area contributed by atoms with Gasteiger partial charge in [0.15, 0.2) is 0 Å². The molecule has 0 saturated carbocycles. The second-order valence-corrected chi connectivity index (χ2v) is 5.78. The van der Waals surface area contributed by atoms with Gasteiger partial charge in [0.05, 0.1) is 12.6 Å². The number of rotatable bonds is 4. The summed E-state index contributed by atoms with van der Waals surface area (Å²) in [6.07, 6.45) is 0. The molecule has 4 nitrogen and oxygen atoms in total. The number of carbonyl (C=O) groups is 1. The van der Waals surface area contributed by atoms with E-state index in [-0.39, 0.29) is 11.9 Å². The molecule has 0 spiro atoms. The molecule has 0 unspecified atom stereocenters. The topological polar surface area (TPSA) is 44.4 Å². The number of nitrogens with one attached hydrogen (secondary N) is 2. The first-order valence-corrected chi connectivity index (χ1v) is 7.42. The monoisotopic (exact) mass is 325 g/mol. The summed E-state index contributed by atoms with van der Waals surface area (Å²) < 4.78 is 1.05. The summed E-state index contributed by atoms with van der Waals surface area (Å²) in [6, 6.07) is 8.09. The number of carbonyl (C=O) groups excluding carboxylic acids is 1. The van der Waals surface area contributed by atoms with Gasteiger partial charge in [-0.25, -0.2) is 0 Å². The summed E-state index contributed by atoms with van der Waals surface area (Å²) in [4.78, 5) is 14.2. The molecule has 0 aromatic heterocycles. The van der Waals surface area contributed by atoms with E-state index in [9.17, 15) is 4.79 Å². The summed E-state index contributed by atoms with van der Waals surface area (Å²) >= 11 is 3.41. The lowest BCUT2D eigenvalue weighted by molar-refractivity contribution is -0.123. The Morgan fingerprint density at radius 3 is 2.63 bits per heavy atom. The Labute approximate surface area is 122 Å². The molecule has 1 aliphatic heterocycles. The third-order valence-electron chi connectivity index (χ3n) is 3.32. The average Bonchev–Trinajstić information content (AvgIpc) is 2.40. The molecule has 1 aromatic rings. The Morgan fingerprint density at radius 2 is 2.00 bits per heavy atom. The van der Waals surface area contributed by atoms with Crippen molar-refractivity contribution in [2.75, 3.05) is 32.7 Å². The zero-order chi connectivity index (χ0) is 13.7. The average molecular weight is 326 g/mol. The van der Waals surface area contributed by atoms with E-state index >= 15 is 0 Å². The highest BCUT2D eigenvalue weighted by molar-refractivity contribution is 9.10. The Hall–Kier alpha value is -0.910. The van der Waals surface area contributed by atoms with Gasteiger partial charge in [-0.3, -0.25) is 9.69 Å². The molecule has 104 valence electrons. The SMILES string of the molecule is C[C@@H](NC(=O)CN1CCNCC1)c1ccc(Br)cc1. The van der Waals surface area contributed by atoms with Crippen LogP contribution >= 0.6 is 15.9 Å². The van der Waals surface area contributed by atoms with Gasteiger partial charge >= 0.3 is 0 Å². The highest BCUT2D eigenvalue weighted by Gasteiger charge is 2.15. The number of hydrogen-bond acceptors (Lipinski definition) is 3. The van der Waals surface area contributed by atoms with E-state index in [1.807, 2.05) is 31.2 Å². The van der Waals surface area contributed by atoms with Crippen LogP contribution in [0, 0.1) is 0 Å². The van der Waals surface area contributed by atoms with Gasteiger partial charge in [0.1, 0.15) is 0 Å². The van der Waals surface area contributed by atoms with Crippen molar-refractivity contribution in [1.82, 2.24) is 15.5 Å². The Bertz CT molecular complexity index is 415. The standard InChI is InChI=1S/C14H20BrN3O/c1-11(12-2-4-13(15)5-3-12)17-14(19)10-18-8-6-16-7-9-18/h2-5,11,16H,6-10H2,1H3,(H,17,19)/t11-/m1/s1. The number of nitrogens with zero attached hydrogens (tertiary/aromatic N) is 1. The minimum Gasteiger partial charge on any atom is -0.348 e. The van der Waals surface area contributed by atoms with Gasteiger partial charge in [-0.15, -0.1) is 0 Å². The lowest BCUT2D eigenvalue weighted by Gasteiger charge is -2.27. The molecule has 5 heteroatoms. The minimum absolute atomic E-state index is 0.0449. The molecular formula is C14H20BrN3O. The molecule has 1 heterocycles. The van der Waals surface area contributed by atoms with Crippen LogP contribution in [0.5, 0.6) is 0 Å². The first kappa shape index (κ1) is 14.5. The van der Waals surface area contributed by atoms with Crippen LogP contribution in [0.3, 0.4) is 0 Å². The maximum absolute atomic E-state index is 12.0. The third kappa shape index (κ3) is 4.60. The highest BCUT2D eigenvalue weighted by atomic mass is 79.9. The predicted octanol–water partition coefficient (Wildman–Crippen LogP) is 1.53. The van der Waals surface area contributed by atoms with Crippen LogP contribution in [0.25, 0.3) is 0 Å². The smallest absolute Gasteiger partial charge is 0.234 e. The first-order chi connectivity index (χ1) is 9.15. The molecule has 1 atom stereocenters. The van der Waals surface area contributed by atoms with Crippen LogP contribution in [0.1, 0.15) is 18.5 Å². The van der Waals surface area contributed by atoms with E-state index in [0.717, 1.165) is 36.2 Å². The van der Waals surface area contributed by atoms with Gasteiger partial charge in [-0.05, 0) is 24.6 Å². The lowest BCUT2D eigenvalue weighted by Crippen LogP contribution is -2.47. The van der Waals surface area contributed by atoms with Crippen molar-refractivity contribution < 1.29 is 4.79 Å². The van der Waals surface area contributed by atoms with E-state index in [2.05, 4.69) is 31.5 Å². The molecule has 2 rings (SSSR count). The predicted molar refractivity (Wildman–Crippen MR) is 80.0 cm³/mol. The minimum atomic E-state index is 0.0449. The lowest BCUT2D eigenvalue weighted by atomic mass is 10.1. The second kappa shape index (κ2) is 7.03. The number of hydrogen-bond donors (Lipinski definition) is 2. The van der Waals surface area contributed by atoms with Crippen LogP contribution < -0.4 is 10.6 Å². The quantitative estimate of drug-likeness (QED) is 0.882. The number of benzene rings is 1. The zero-order valence-electron chi connectivity index (χ0n) is 11.2. The molecule has 0 bridgehead atoms. The molecule has 0 radical (unpaired) electrons. The molecular weight excluding hydrogens is 306 g/mol. The van der Waals surface area contributed by atoms with Gasteiger partial charge in [-0.2, -0.15) is 0 Å². The van der Waals surface area contributed by atoms with Crippen molar-refractivity contribution in [2.45, 2.75) is 13.0 Å². The maximum atomic E-state index is 12.0. The molecule has 1 amide bonds. The highest BCUT2D eigenvalue weighted by Crippen LogP contribution is 2.16. The van der Waals surface area contributed by atoms with Crippen LogP contribution in [-0.2, 0) is 4.79 Å². The summed E-state index contributed by atoms with van der Waals surface area (Å²) in [5, 5.41) is 6.33. The van der Waals surface area contributed by atoms with Crippen molar-refractivity contribution in [3.8, 4) is 0 Å². The molecule has 2 N–H and O–H groups in total. The van der Waals surface area contributed by atoms with Crippen molar-refractivity contribution in [2.24, 2.45) is 0 Å². The van der Waals surface area contributed by atoms with Crippen LogP contribution in [0.4, 0.5) is 0 Å². The fourth-order valence-corrected chi connectivity index (χ4v) is 2.46. The Balaban J connectivity index is 1.82. The molecule has 1 aromatic carbocycles. The van der Waals surface area contributed by atoms with E-state index in [1.54, 1.807) is 0 Å². The van der Waals surface area contributed by atoms with Gasteiger partial charge in [0.25, 0.3) is 0 Å². The van der Waals surface area contributed by atoms with Crippen LogP contribution in [0.15, 0.2) is 28.7 Å². The van der Waals surface area contributed by atoms with Crippen molar-refractivity contribution in [3.63, 3.8) is 0 Å². The van der Waals surface area contributed by atoms with Gasteiger partial charge in [-0.1, -0.05) is 28.1 Å².